The number of primary amides is 1. The molecule has 1 aromatic carbocycles. The van der Waals surface area contributed by atoms with Crippen LogP contribution in [0.2, 0.25) is 5.02 Å². The summed E-state index contributed by atoms with van der Waals surface area (Å²) in [6.07, 6.45) is 3.68. The molecule has 4 N–H and O–H groups in total. The van der Waals surface area contributed by atoms with Gasteiger partial charge in [0.2, 0.25) is 5.91 Å². The normalized spacial score (nSPS) is 19.5. The van der Waals surface area contributed by atoms with Gasteiger partial charge in [0, 0.05) is 11.8 Å². The molecule has 3 heterocycles. The number of aromatic nitrogens is 3. The van der Waals surface area contributed by atoms with Crippen molar-refractivity contribution >= 4 is 40.1 Å². The monoisotopic (exact) mass is 399 g/mol. The third kappa shape index (κ3) is 3.44. The number of benzene rings is 1. The average Bonchev–Trinajstić information content (AvgIpc) is 3.13. The molecular formula is C19H18ClN5O3. The fraction of sp³-hybridized carbons (Fsp3) is 0.263. The van der Waals surface area contributed by atoms with E-state index in [4.69, 9.17) is 22.1 Å². The molecule has 0 unspecified atom stereocenters. The lowest BCUT2D eigenvalue weighted by molar-refractivity contribution is -0.132. The molecule has 2 atom stereocenters. The van der Waals surface area contributed by atoms with E-state index >= 15 is 0 Å². The summed E-state index contributed by atoms with van der Waals surface area (Å²) < 4.78 is 5.51. The highest BCUT2D eigenvalue weighted by atomic mass is 35.5. The minimum Gasteiger partial charge on any atom is -0.367 e. The Bertz CT molecular complexity index is 1040. The maximum absolute atomic E-state index is 13.0. The molecule has 1 aliphatic heterocycles. The van der Waals surface area contributed by atoms with Crippen molar-refractivity contribution in [3.8, 4) is 0 Å². The molecule has 0 spiro atoms. The molecule has 2 aromatic heterocycles. The van der Waals surface area contributed by atoms with Crippen LogP contribution in [0.3, 0.4) is 0 Å². The van der Waals surface area contributed by atoms with Crippen molar-refractivity contribution < 1.29 is 14.3 Å². The summed E-state index contributed by atoms with van der Waals surface area (Å²) in [5, 5.41) is 4.27. The van der Waals surface area contributed by atoms with E-state index in [-0.39, 0.29) is 11.8 Å². The van der Waals surface area contributed by atoms with Crippen molar-refractivity contribution in [1.82, 2.24) is 15.0 Å². The summed E-state index contributed by atoms with van der Waals surface area (Å²) >= 11 is 6.19. The zero-order valence-corrected chi connectivity index (χ0v) is 15.6. The first kappa shape index (κ1) is 18.4. The van der Waals surface area contributed by atoms with Crippen LogP contribution in [0.25, 0.3) is 11.0 Å². The van der Waals surface area contributed by atoms with Crippen molar-refractivity contribution in [2.45, 2.75) is 25.0 Å². The lowest BCUT2D eigenvalue weighted by atomic mass is 10.0. The van der Waals surface area contributed by atoms with Crippen molar-refractivity contribution in [1.29, 1.82) is 0 Å². The SMILES string of the molecule is NC(=O)[C@@H]1CC[C@@H](Nc2ncnc3[nH]cc(C(=O)c4ccccc4Cl)c23)CO1. The number of amides is 1. The second-order valence-corrected chi connectivity index (χ2v) is 7.01. The third-order valence-electron chi connectivity index (χ3n) is 4.77. The van der Waals surface area contributed by atoms with Gasteiger partial charge in [-0.25, -0.2) is 9.97 Å². The Morgan fingerprint density at radius 3 is 2.75 bits per heavy atom. The van der Waals surface area contributed by atoms with Crippen molar-refractivity contribution in [3.05, 3.63) is 52.9 Å². The lowest BCUT2D eigenvalue weighted by Crippen LogP contribution is -2.41. The van der Waals surface area contributed by atoms with Gasteiger partial charge < -0.3 is 20.8 Å². The molecular weight excluding hydrogens is 382 g/mol. The first-order chi connectivity index (χ1) is 13.5. The average molecular weight is 400 g/mol. The quantitative estimate of drug-likeness (QED) is 0.565. The van der Waals surface area contributed by atoms with Gasteiger partial charge >= 0.3 is 0 Å². The first-order valence-electron chi connectivity index (χ1n) is 8.83. The molecule has 1 saturated heterocycles. The van der Waals surface area contributed by atoms with Gasteiger partial charge in [0.15, 0.2) is 5.78 Å². The second kappa shape index (κ2) is 7.57. The molecule has 1 amide bonds. The summed E-state index contributed by atoms with van der Waals surface area (Å²) in [5.74, 6) is -0.155. The highest BCUT2D eigenvalue weighted by Gasteiger charge is 2.27. The zero-order valence-electron chi connectivity index (χ0n) is 14.8. The Hall–Kier alpha value is -2.97. The van der Waals surface area contributed by atoms with Gasteiger partial charge in [0.25, 0.3) is 0 Å². The Labute approximate surface area is 165 Å². The number of carbonyl (C=O) groups is 2. The van der Waals surface area contributed by atoms with Crippen LogP contribution >= 0.6 is 11.6 Å². The Balaban J connectivity index is 1.64. The number of rotatable bonds is 5. The van der Waals surface area contributed by atoms with Crippen LogP contribution in [0.15, 0.2) is 36.8 Å². The van der Waals surface area contributed by atoms with E-state index in [2.05, 4.69) is 20.3 Å². The van der Waals surface area contributed by atoms with E-state index < -0.39 is 12.0 Å². The van der Waals surface area contributed by atoms with Crippen molar-refractivity contribution in [2.24, 2.45) is 5.73 Å². The number of anilines is 1. The Morgan fingerprint density at radius 2 is 2.04 bits per heavy atom. The maximum Gasteiger partial charge on any atom is 0.246 e. The number of carbonyl (C=O) groups excluding carboxylic acids is 2. The molecule has 1 aliphatic rings. The van der Waals surface area contributed by atoms with Crippen LogP contribution in [0.1, 0.15) is 28.8 Å². The fourth-order valence-corrected chi connectivity index (χ4v) is 3.55. The molecule has 3 aromatic rings. The minimum atomic E-state index is -0.562. The number of hydrogen-bond acceptors (Lipinski definition) is 6. The Kier molecular flexibility index (Phi) is 4.97. The molecule has 9 heteroatoms. The number of halogens is 1. The van der Waals surface area contributed by atoms with E-state index in [0.29, 0.717) is 52.4 Å². The van der Waals surface area contributed by atoms with E-state index in [0.717, 1.165) is 0 Å². The Morgan fingerprint density at radius 1 is 1.21 bits per heavy atom. The number of H-pyrrole nitrogens is 1. The van der Waals surface area contributed by atoms with Crippen LogP contribution in [0.4, 0.5) is 5.82 Å². The van der Waals surface area contributed by atoms with Crippen molar-refractivity contribution in [2.75, 3.05) is 11.9 Å². The standard InChI is InChI=1S/C19H18ClN5O3/c20-13-4-2-1-3-11(13)16(26)12-7-22-18-15(12)19(24-9-23-18)25-10-5-6-14(17(21)27)28-8-10/h1-4,7,9-10,14H,5-6,8H2,(H2,21,27)(H2,22,23,24,25)/t10-,14+/m1/s1. The number of fused-ring (bicyclic) bond motifs is 1. The number of hydrogen-bond donors (Lipinski definition) is 3. The smallest absolute Gasteiger partial charge is 0.246 e. The number of nitrogens with zero attached hydrogens (tertiary/aromatic N) is 2. The van der Waals surface area contributed by atoms with E-state index in [1.54, 1.807) is 30.5 Å². The van der Waals surface area contributed by atoms with Gasteiger partial charge in [-0.2, -0.15) is 0 Å². The summed E-state index contributed by atoms with van der Waals surface area (Å²) in [6.45, 7) is 0.317. The summed E-state index contributed by atoms with van der Waals surface area (Å²) in [5.41, 5.74) is 6.67. The fourth-order valence-electron chi connectivity index (χ4n) is 3.32. The lowest BCUT2D eigenvalue weighted by Gasteiger charge is -2.28. The second-order valence-electron chi connectivity index (χ2n) is 6.60. The molecule has 0 radical (unpaired) electrons. The van der Waals surface area contributed by atoms with Gasteiger partial charge in [-0.3, -0.25) is 9.59 Å². The van der Waals surface area contributed by atoms with E-state index in [9.17, 15) is 9.59 Å². The molecule has 0 saturated carbocycles. The molecule has 0 aliphatic carbocycles. The minimum absolute atomic E-state index is 0.0631. The van der Waals surface area contributed by atoms with Gasteiger partial charge in [-0.15, -0.1) is 0 Å². The van der Waals surface area contributed by atoms with E-state index in [1.807, 2.05) is 0 Å². The van der Waals surface area contributed by atoms with Crippen LogP contribution in [-0.4, -0.2) is 45.4 Å². The molecule has 1 fully saturated rings. The molecule has 4 rings (SSSR count). The predicted molar refractivity (Wildman–Crippen MR) is 104 cm³/mol. The molecule has 144 valence electrons. The summed E-state index contributed by atoms with van der Waals surface area (Å²) in [4.78, 5) is 35.8. The van der Waals surface area contributed by atoms with E-state index in [1.165, 1.54) is 6.33 Å². The van der Waals surface area contributed by atoms with Crippen LogP contribution in [0.5, 0.6) is 0 Å². The zero-order chi connectivity index (χ0) is 19.7. The van der Waals surface area contributed by atoms with Crippen LogP contribution < -0.4 is 11.1 Å². The van der Waals surface area contributed by atoms with Gasteiger partial charge in [-0.1, -0.05) is 23.7 Å². The maximum atomic E-state index is 13.0. The molecule has 8 nitrogen and oxygen atoms in total. The number of aromatic amines is 1. The van der Waals surface area contributed by atoms with Crippen molar-refractivity contribution in [3.63, 3.8) is 0 Å². The number of ether oxygens (including phenoxy) is 1. The van der Waals surface area contributed by atoms with Gasteiger partial charge in [0.05, 0.1) is 28.6 Å². The summed E-state index contributed by atoms with van der Waals surface area (Å²) in [6, 6.07) is 6.82. The van der Waals surface area contributed by atoms with Crippen LogP contribution in [0, 0.1) is 0 Å². The third-order valence-corrected chi connectivity index (χ3v) is 5.10. The first-order valence-corrected chi connectivity index (χ1v) is 9.21. The number of nitrogens with one attached hydrogen (secondary N) is 2. The highest BCUT2D eigenvalue weighted by molar-refractivity contribution is 6.35. The van der Waals surface area contributed by atoms with Crippen LogP contribution in [-0.2, 0) is 9.53 Å². The number of nitrogens with two attached hydrogens (primary N) is 1. The summed E-state index contributed by atoms with van der Waals surface area (Å²) in [7, 11) is 0. The van der Waals surface area contributed by atoms with Gasteiger partial charge in [-0.05, 0) is 25.0 Å². The highest BCUT2D eigenvalue weighted by Crippen LogP contribution is 2.29. The molecule has 28 heavy (non-hydrogen) atoms. The topological polar surface area (TPSA) is 123 Å². The predicted octanol–water partition coefficient (Wildman–Crippen LogP) is 2.29. The molecule has 0 bridgehead atoms. The largest absolute Gasteiger partial charge is 0.367 e. The van der Waals surface area contributed by atoms with Gasteiger partial charge in [0.1, 0.15) is 23.9 Å². The number of ketones is 1.